The molecule has 1 rings (SSSR count). The highest BCUT2D eigenvalue weighted by Gasteiger charge is 2.13. The third-order valence-corrected chi connectivity index (χ3v) is 3.32. The van der Waals surface area contributed by atoms with Gasteiger partial charge in [0.05, 0.1) is 6.54 Å². The minimum atomic E-state index is -3.50. The fourth-order valence-corrected chi connectivity index (χ4v) is 2.27. The standard InChI is InChI=1S/C9H9BrN2O2S/c1-2-3-4-12-15(13,14)9-5-8(10)6-11-7-9/h5-7,12H,4H2,1H3. The van der Waals surface area contributed by atoms with Gasteiger partial charge < -0.3 is 0 Å². The Labute approximate surface area is 97.3 Å². The summed E-state index contributed by atoms with van der Waals surface area (Å²) in [6.45, 7) is 1.75. The average Bonchev–Trinajstić information content (AvgIpc) is 2.18. The molecule has 0 atom stereocenters. The first-order chi connectivity index (χ1) is 7.06. The third kappa shape index (κ3) is 3.63. The van der Waals surface area contributed by atoms with Crippen LogP contribution in [0.15, 0.2) is 27.8 Å². The van der Waals surface area contributed by atoms with Crippen molar-refractivity contribution in [2.24, 2.45) is 0 Å². The van der Waals surface area contributed by atoms with Crippen LogP contribution in [0.25, 0.3) is 0 Å². The molecular weight excluding hydrogens is 280 g/mol. The molecule has 0 aromatic carbocycles. The van der Waals surface area contributed by atoms with E-state index in [9.17, 15) is 8.42 Å². The molecule has 0 saturated carbocycles. The molecule has 0 saturated heterocycles. The van der Waals surface area contributed by atoms with Crippen LogP contribution < -0.4 is 4.72 Å². The van der Waals surface area contributed by atoms with Crippen molar-refractivity contribution in [1.29, 1.82) is 0 Å². The lowest BCUT2D eigenvalue weighted by Crippen LogP contribution is -2.24. The maximum atomic E-state index is 11.6. The molecule has 0 fully saturated rings. The van der Waals surface area contributed by atoms with Crippen LogP contribution in [-0.2, 0) is 10.0 Å². The Hall–Kier alpha value is -0.900. The molecular formula is C9H9BrN2O2S. The van der Waals surface area contributed by atoms with Crippen molar-refractivity contribution < 1.29 is 8.42 Å². The van der Waals surface area contributed by atoms with Crippen molar-refractivity contribution in [1.82, 2.24) is 9.71 Å². The van der Waals surface area contributed by atoms with E-state index in [-0.39, 0.29) is 11.4 Å². The molecule has 1 aromatic rings. The zero-order valence-corrected chi connectivity index (χ0v) is 10.4. The van der Waals surface area contributed by atoms with Crippen LogP contribution in [-0.4, -0.2) is 19.9 Å². The highest BCUT2D eigenvalue weighted by atomic mass is 79.9. The summed E-state index contributed by atoms with van der Waals surface area (Å²) < 4.78 is 26.2. The van der Waals surface area contributed by atoms with Gasteiger partial charge in [0.15, 0.2) is 0 Å². The Morgan fingerprint density at radius 1 is 1.53 bits per heavy atom. The van der Waals surface area contributed by atoms with Gasteiger partial charge in [-0.05, 0) is 28.9 Å². The molecule has 0 bridgehead atoms. The first-order valence-electron chi connectivity index (χ1n) is 4.06. The maximum Gasteiger partial charge on any atom is 0.243 e. The summed E-state index contributed by atoms with van der Waals surface area (Å²) in [5, 5.41) is 0. The average molecular weight is 289 g/mol. The Morgan fingerprint density at radius 3 is 2.87 bits per heavy atom. The lowest BCUT2D eigenvalue weighted by atomic mass is 10.5. The van der Waals surface area contributed by atoms with Crippen LogP contribution in [0, 0.1) is 11.8 Å². The summed E-state index contributed by atoms with van der Waals surface area (Å²) in [5.41, 5.74) is 0. The zero-order valence-electron chi connectivity index (χ0n) is 7.99. The molecule has 0 aliphatic carbocycles. The second kappa shape index (κ2) is 5.26. The van der Waals surface area contributed by atoms with Gasteiger partial charge in [-0.3, -0.25) is 4.98 Å². The highest BCUT2D eigenvalue weighted by Crippen LogP contribution is 2.13. The Bertz CT molecular complexity index is 502. The molecule has 0 spiro atoms. The molecule has 0 unspecified atom stereocenters. The van der Waals surface area contributed by atoms with E-state index in [1.54, 1.807) is 6.92 Å². The molecule has 1 N–H and O–H groups in total. The molecule has 4 nitrogen and oxygen atoms in total. The molecule has 80 valence electrons. The van der Waals surface area contributed by atoms with Gasteiger partial charge >= 0.3 is 0 Å². The molecule has 1 heterocycles. The van der Waals surface area contributed by atoms with Gasteiger partial charge in [-0.15, -0.1) is 5.92 Å². The Kier molecular flexibility index (Phi) is 4.27. The summed E-state index contributed by atoms with van der Waals surface area (Å²) >= 11 is 3.15. The van der Waals surface area contributed by atoms with Crippen molar-refractivity contribution in [3.63, 3.8) is 0 Å². The van der Waals surface area contributed by atoms with E-state index in [1.807, 2.05) is 0 Å². The lowest BCUT2D eigenvalue weighted by Gasteiger charge is -2.03. The lowest BCUT2D eigenvalue weighted by molar-refractivity contribution is 0.585. The van der Waals surface area contributed by atoms with Crippen LogP contribution in [0.2, 0.25) is 0 Å². The molecule has 1 aromatic heterocycles. The zero-order chi connectivity index (χ0) is 11.3. The van der Waals surface area contributed by atoms with Crippen LogP contribution in [0.3, 0.4) is 0 Å². The number of halogens is 1. The van der Waals surface area contributed by atoms with Crippen molar-refractivity contribution in [2.45, 2.75) is 11.8 Å². The van der Waals surface area contributed by atoms with E-state index in [2.05, 4.69) is 37.5 Å². The number of nitrogens with zero attached hydrogens (tertiary/aromatic N) is 1. The Balaban J connectivity index is 2.90. The first-order valence-corrected chi connectivity index (χ1v) is 6.33. The number of rotatable bonds is 3. The largest absolute Gasteiger partial charge is 0.262 e. The monoisotopic (exact) mass is 288 g/mol. The van der Waals surface area contributed by atoms with Gasteiger partial charge in [0.25, 0.3) is 0 Å². The summed E-state index contributed by atoms with van der Waals surface area (Å²) in [5.74, 6) is 5.22. The van der Waals surface area contributed by atoms with E-state index >= 15 is 0 Å². The summed E-state index contributed by atoms with van der Waals surface area (Å²) in [4.78, 5) is 3.90. The van der Waals surface area contributed by atoms with Gasteiger partial charge in [0.2, 0.25) is 10.0 Å². The predicted molar refractivity (Wildman–Crippen MR) is 60.6 cm³/mol. The van der Waals surface area contributed by atoms with Gasteiger partial charge in [-0.25, -0.2) is 8.42 Å². The van der Waals surface area contributed by atoms with Gasteiger partial charge in [0, 0.05) is 16.9 Å². The van der Waals surface area contributed by atoms with Gasteiger partial charge in [-0.1, -0.05) is 5.92 Å². The summed E-state index contributed by atoms with van der Waals surface area (Å²) in [6.07, 6.45) is 2.80. The maximum absolute atomic E-state index is 11.6. The van der Waals surface area contributed by atoms with E-state index in [0.29, 0.717) is 4.47 Å². The normalized spacial score (nSPS) is 10.5. The SMILES string of the molecule is CC#CCNS(=O)(=O)c1cncc(Br)c1. The number of pyridine rings is 1. The number of hydrogen-bond acceptors (Lipinski definition) is 3. The van der Waals surface area contributed by atoms with E-state index in [1.165, 1.54) is 18.5 Å². The van der Waals surface area contributed by atoms with Crippen molar-refractivity contribution in [2.75, 3.05) is 6.54 Å². The van der Waals surface area contributed by atoms with Crippen LogP contribution >= 0.6 is 15.9 Å². The second-order valence-electron chi connectivity index (χ2n) is 2.59. The fraction of sp³-hybridized carbons (Fsp3) is 0.222. The third-order valence-electron chi connectivity index (χ3n) is 1.52. The number of hydrogen-bond donors (Lipinski definition) is 1. The topological polar surface area (TPSA) is 59.1 Å². The molecule has 0 aliphatic heterocycles. The number of sulfonamides is 1. The molecule has 6 heteroatoms. The van der Waals surface area contributed by atoms with Crippen LogP contribution in [0.5, 0.6) is 0 Å². The van der Waals surface area contributed by atoms with Crippen molar-refractivity contribution in [3.05, 3.63) is 22.9 Å². The molecule has 0 aliphatic rings. The fourth-order valence-electron chi connectivity index (χ4n) is 0.842. The van der Waals surface area contributed by atoms with E-state index in [0.717, 1.165) is 0 Å². The highest BCUT2D eigenvalue weighted by molar-refractivity contribution is 9.10. The summed E-state index contributed by atoms with van der Waals surface area (Å²) in [6, 6.07) is 1.48. The molecule has 0 radical (unpaired) electrons. The van der Waals surface area contributed by atoms with Gasteiger partial charge in [0.1, 0.15) is 4.90 Å². The smallest absolute Gasteiger partial charge is 0.243 e. The number of aromatic nitrogens is 1. The van der Waals surface area contributed by atoms with Gasteiger partial charge in [-0.2, -0.15) is 4.72 Å². The van der Waals surface area contributed by atoms with E-state index in [4.69, 9.17) is 0 Å². The predicted octanol–water partition coefficient (Wildman–Crippen LogP) is 1.15. The first kappa shape index (κ1) is 12.2. The van der Waals surface area contributed by atoms with Crippen molar-refractivity contribution >= 4 is 26.0 Å². The molecule has 0 amide bonds. The second-order valence-corrected chi connectivity index (χ2v) is 5.27. The quantitative estimate of drug-likeness (QED) is 0.849. The summed E-state index contributed by atoms with van der Waals surface area (Å²) in [7, 11) is -3.50. The number of nitrogens with one attached hydrogen (secondary N) is 1. The molecule has 15 heavy (non-hydrogen) atoms. The van der Waals surface area contributed by atoms with Crippen molar-refractivity contribution in [3.8, 4) is 11.8 Å². The van der Waals surface area contributed by atoms with Crippen LogP contribution in [0.4, 0.5) is 0 Å². The van der Waals surface area contributed by atoms with Crippen LogP contribution in [0.1, 0.15) is 6.92 Å². The Morgan fingerprint density at radius 2 is 2.27 bits per heavy atom. The minimum absolute atomic E-state index is 0.103. The minimum Gasteiger partial charge on any atom is -0.262 e. The van der Waals surface area contributed by atoms with E-state index < -0.39 is 10.0 Å².